The molecule has 0 aromatic rings. The van der Waals surface area contributed by atoms with E-state index in [9.17, 15) is 0 Å². The van der Waals surface area contributed by atoms with E-state index < -0.39 is 0 Å². The van der Waals surface area contributed by atoms with Crippen LogP contribution in [0, 0.1) is 0 Å². The van der Waals surface area contributed by atoms with Gasteiger partial charge in [0.2, 0.25) is 0 Å². The fourth-order valence-electron chi connectivity index (χ4n) is 0.236. The van der Waals surface area contributed by atoms with Crippen LogP contribution in [0.4, 0.5) is 0 Å². The third-order valence-electron chi connectivity index (χ3n) is 0.441. The van der Waals surface area contributed by atoms with Gasteiger partial charge < -0.3 is 2.85 Å². The molecule has 6 heavy (non-hydrogen) atoms. The summed E-state index contributed by atoms with van der Waals surface area (Å²) in [6.45, 7) is 0.778. The first-order valence-electron chi connectivity index (χ1n) is 1.50. The zero-order valence-corrected chi connectivity index (χ0v) is 4.88. The Morgan fingerprint density at radius 3 is 2.67 bits per heavy atom. The van der Waals surface area contributed by atoms with Crippen LogP contribution in [0.25, 0.3) is 0 Å². The first-order valence-corrected chi connectivity index (χ1v) is 1.50. The molecule has 0 spiro atoms. The Labute approximate surface area is 55.5 Å². The van der Waals surface area contributed by atoms with E-state index in [4.69, 9.17) is 0 Å². The summed E-state index contributed by atoms with van der Waals surface area (Å²) in [5, 5.41) is 0. The van der Waals surface area contributed by atoms with Crippen LogP contribution < -0.4 is 0 Å². The first-order chi connectivity index (χ1) is 2.50. The Kier molecular flexibility index (Phi) is 3.36. The fourth-order valence-corrected chi connectivity index (χ4v) is 0.236. The van der Waals surface area contributed by atoms with E-state index >= 15 is 0 Å². The molecule has 0 aromatic carbocycles. The van der Waals surface area contributed by atoms with E-state index in [1.54, 1.807) is 12.6 Å². The second-order valence-corrected chi connectivity index (χ2v) is 0.812. The molecule has 3 heteroatoms. The van der Waals surface area contributed by atoms with E-state index in [-0.39, 0.29) is 25.9 Å². The predicted octanol–water partition coefficient (Wildman–Crippen LogP) is -0.0567. The molecule has 0 unspecified atom stereocenters. The molecule has 2 nitrogen and oxygen atoms in total. The van der Waals surface area contributed by atoms with Gasteiger partial charge in [0.05, 0.1) is 6.54 Å². The van der Waals surface area contributed by atoms with Crippen LogP contribution in [0.3, 0.4) is 0 Å². The number of hydrogen-bond donors (Lipinski definition) is 0. The molecule has 0 fully saturated rings. The molecule has 0 aromatic heterocycles. The number of aliphatic imine (C=N–C) groups is 2. The largest absolute Gasteiger partial charge is 2.00 e. The minimum absolute atomic E-state index is 0. The number of nitrogens with zero attached hydrogens (tertiary/aromatic N) is 2. The summed E-state index contributed by atoms with van der Waals surface area (Å²) in [4.78, 5) is 7.40. The summed E-state index contributed by atoms with van der Waals surface area (Å²) < 4.78 is 0. The van der Waals surface area contributed by atoms with Gasteiger partial charge >= 0.3 is 23.1 Å². The molecular formula is C3H6MgN2. The van der Waals surface area contributed by atoms with E-state index in [1.807, 2.05) is 0 Å². The molecule has 30 valence electrons. The maximum atomic E-state index is 3.74. The van der Waals surface area contributed by atoms with Gasteiger partial charge in [-0.2, -0.15) is 0 Å². The molecule has 0 amide bonds. The van der Waals surface area contributed by atoms with E-state index in [0.717, 1.165) is 6.54 Å². The Morgan fingerprint density at radius 2 is 2.50 bits per heavy atom. The minimum atomic E-state index is 0. The van der Waals surface area contributed by atoms with Crippen LogP contribution in [-0.2, 0) is 0 Å². The van der Waals surface area contributed by atoms with Crippen molar-refractivity contribution in [1.82, 2.24) is 0 Å². The molecule has 0 saturated heterocycles. The van der Waals surface area contributed by atoms with Gasteiger partial charge in [0.25, 0.3) is 0 Å². The number of rotatable bonds is 0. The summed E-state index contributed by atoms with van der Waals surface area (Å²) >= 11 is 0. The molecule has 0 N–H and O–H groups in total. The molecule has 1 rings (SSSR count). The summed E-state index contributed by atoms with van der Waals surface area (Å²) in [5.41, 5.74) is 0. The summed E-state index contributed by atoms with van der Waals surface area (Å²) in [7, 11) is 0. The van der Waals surface area contributed by atoms with Crippen molar-refractivity contribution in [3.8, 4) is 0 Å². The molecule has 0 bridgehead atoms. The molecule has 0 atom stereocenters. The van der Waals surface area contributed by atoms with Gasteiger partial charge in [-0.1, -0.05) is 0 Å². The van der Waals surface area contributed by atoms with Crippen molar-refractivity contribution >= 4 is 35.6 Å². The molecule has 0 aliphatic carbocycles. The third-order valence-corrected chi connectivity index (χ3v) is 0.441. The van der Waals surface area contributed by atoms with Crippen LogP contribution in [0.5, 0.6) is 0 Å². The summed E-state index contributed by atoms with van der Waals surface area (Å²) in [5.74, 6) is 0. The van der Waals surface area contributed by atoms with Gasteiger partial charge in [0.1, 0.15) is 6.34 Å². The van der Waals surface area contributed by atoms with Gasteiger partial charge in [-0.15, -0.1) is 0 Å². The Bertz CT molecular complexity index is 73.4. The predicted molar refractivity (Wildman–Crippen MR) is 29.8 cm³/mol. The quantitative estimate of drug-likeness (QED) is 0.376. The minimum Gasteiger partial charge on any atom is -1.00 e. The van der Waals surface area contributed by atoms with Crippen molar-refractivity contribution in [2.75, 3.05) is 6.54 Å². The average molecular weight is 94.4 g/mol. The SMILES string of the molecule is C1=NC=NC1.[H-].[H-].[Mg+2]. The van der Waals surface area contributed by atoms with Gasteiger partial charge in [-0.05, 0) is 0 Å². The normalized spacial score (nSPS) is 14.7. The first kappa shape index (κ1) is 6.11. The maximum Gasteiger partial charge on any atom is 2.00 e. The molecule has 1 heterocycles. The molecule has 0 radical (unpaired) electrons. The van der Waals surface area contributed by atoms with Crippen molar-refractivity contribution in [3.63, 3.8) is 0 Å². The van der Waals surface area contributed by atoms with Crippen molar-refractivity contribution < 1.29 is 2.85 Å². The molecule has 0 saturated carbocycles. The van der Waals surface area contributed by atoms with Crippen LogP contribution >= 0.6 is 0 Å². The summed E-state index contributed by atoms with van der Waals surface area (Å²) in [6.07, 6.45) is 3.32. The average Bonchev–Trinajstić information content (AvgIpc) is 1.76. The van der Waals surface area contributed by atoms with Crippen molar-refractivity contribution in [2.45, 2.75) is 0 Å². The monoisotopic (exact) mass is 94.0 g/mol. The van der Waals surface area contributed by atoms with Crippen molar-refractivity contribution in [3.05, 3.63) is 0 Å². The zero-order valence-electron chi connectivity index (χ0n) is 5.46. The fraction of sp³-hybridized carbons (Fsp3) is 0.333. The summed E-state index contributed by atoms with van der Waals surface area (Å²) in [6, 6.07) is 0. The Hall–Kier alpha value is 0.106. The topological polar surface area (TPSA) is 24.7 Å². The Morgan fingerprint density at radius 1 is 1.67 bits per heavy atom. The van der Waals surface area contributed by atoms with E-state index in [2.05, 4.69) is 9.98 Å². The standard InChI is InChI=1S/C3H4N2.Mg.2H/c1-2-5-3-4-1;;;/h1,3H,2H2;;;/q;+2;2*-1. The molecular weight excluding hydrogens is 88.4 g/mol. The smallest absolute Gasteiger partial charge is 1.00 e. The van der Waals surface area contributed by atoms with Crippen LogP contribution in [0.1, 0.15) is 2.85 Å². The second kappa shape index (κ2) is 3.30. The van der Waals surface area contributed by atoms with Crippen molar-refractivity contribution in [1.29, 1.82) is 0 Å². The Balaban J connectivity index is -0.0000000833. The van der Waals surface area contributed by atoms with Crippen LogP contribution in [-0.4, -0.2) is 42.2 Å². The van der Waals surface area contributed by atoms with Crippen LogP contribution in [0.15, 0.2) is 9.98 Å². The number of hydrogen-bond acceptors (Lipinski definition) is 2. The van der Waals surface area contributed by atoms with Crippen molar-refractivity contribution in [2.24, 2.45) is 9.98 Å². The van der Waals surface area contributed by atoms with Gasteiger partial charge in [0, 0.05) is 6.21 Å². The van der Waals surface area contributed by atoms with E-state index in [1.165, 1.54) is 0 Å². The van der Waals surface area contributed by atoms with Gasteiger partial charge in [-0.25, -0.2) is 4.99 Å². The zero-order chi connectivity index (χ0) is 3.54. The molecule has 1 aliphatic rings. The van der Waals surface area contributed by atoms with Gasteiger partial charge in [0.15, 0.2) is 0 Å². The van der Waals surface area contributed by atoms with Crippen LogP contribution in [0.2, 0.25) is 0 Å². The maximum absolute atomic E-state index is 3.74. The van der Waals surface area contributed by atoms with E-state index in [0.29, 0.717) is 0 Å². The third kappa shape index (κ3) is 1.52. The van der Waals surface area contributed by atoms with Gasteiger partial charge in [-0.3, -0.25) is 4.99 Å². The molecule has 1 aliphatic heterocycles. The second-order valence-electron chi connectivity index (χ2n) is 0.812.